The van der Waals surface area contributed by atoms with Crippen LogP contribution >= 0.6 is 0 Å². The molecule has 1 heterocycles. The van der Waals surface area contributed by atoms with Crippen molar-refractivity contribution in [2.45, 2.75) is 63.8 Å². The Morgan fingerprint density at radius 1 is 1.00 bits per heavy atom. The van der Waals surface area contributed by atoms with E-state index in [1.54, 1.807) is 0 Å². The molecule has 2 amide bonds. The van der Waals surface area contributed by atoms with Gasteiger partial charge in [-0.2, -0.15) is 0 Å². The van der Waals surface area contributed by atoms with Crippen LogP contribution in [0.5, 0.6) is 0 Å². The van der Waals surface area contributed by atoms with Crippen molar-refractivity contribution in [3.05, 3.63) is 0 Å². The van der Waals surface area contributed by atoms with Crippen LogP contribution < -0.4 is 0 Å². The van der Waals surface area contributed by atoms with Crippen molar-refractivity contribution in [1.29, 1.82) is 0 Å². The number of hydrogen-bond donors (Lipinski definition) is 0. The lowest BCUT2D eigenvalue weighted by Gasteiger charge is -2.32. The molecule has 0 aromatic heterocycles. The fraction of sp³-hybridized carbons (Fsp3) is 0.882. The van der Waals surface area contributed by atoms with Gasteiger partial charge in [0.05, 0.1) is 0 Å². The fourth-order valence-electron chi connectivity index (χ4n) is 3.90. The summed E-state index contributed by atoms with van der Waals surface area (Å²) in [6.07, 6.45) is 9.99. The maximum atomic E-state index is 12.7. The Morgan fingerprint density at radius 2 is 1.71 bits per heavy atom. The first-order valence-electron chi connectivity index (χ1n) is 8.72. The summed E-state index contributed by atoms with van der Waals surface area (Å²) in [5.41, 5.74) is 0. The van der Waals surface area contributed by atoms with Crippen LogP contribution in [-0.2, 0) is 9.59 Å². The molecule has 1 saturated heterocycles. The maximum Gasteiger partial charge on any atom is 0.245 e. The molecule has 2 aliphatic carbocycles. The summed E-state index contributed by atoms with van der Waals surface area (Å²) in [6, 6.07) is -0.178. The van der Waals surface area contributed by atoms with Crippen LogP contribution in [-0.4, -0.2) is 47.8 Å². The van der Waals surface area contributed by atoms with Crippen molar-refractivity contribution in [2.24, 2.45) is 11.8 Å². The van der Waals surface area contributed by atoms with Crippen molar-refractivity contribution in [3.63, 3.8) is 0 Å². The quantitative estimate of drug-likeness (QED) is 0.798. The van der Waals surface area contributed by atoms with E-state index in [0.717, 1.165) is 38.8 Å². The third-order valence-electron chi connectivity index (χ3n) is 5.38. The fourth-order valence-corrected chi connectivity index (χ4v) is 3.90. The second-order valence-electron chi connectivity index (χ2n) is 7.19. The highest BCUT2D eigenvalue weighted by Crippen LogP contribution is 2.31. The normalized spacial score (nSPS) is 26.9. The predicted octanol–water partition coefficient (Wildman–Crippen LogP) is 2.43. The molecule has 0 radical (unpaired) electrons. The Bertz CT molecular complexity index is 400. The molecule has 3 fully saturated rings. The molecule has 0 bridgehead atoms. The van der Waals surface area contributed by atoms with Gasteiger partial charge in [-0.25, -0.2) is 0 Å². The van der Waals surface area contributed by atoms with E-state index in [1.807, 2.05) is 16.8 Å². The summed E-state index contributed by atoms with van der Waals surface area (Å²) in [5, 5.41) is 0. The molecule has 1 unspecified atom stereocenters. The highest BCUT2D eigenvalue weighted by atomic mass is 16.2. The van der Waals surface area contributed by atoms with E-state index in [0.29, 0.717) is 5.92 Å². The molecular weight excluding hydrogens is 264 g/mol. The average Bonchev–Trinajstić information content (AvgIpc) is 3.19. The third kappa shape index (κ3) is 3.41. The van der Waals surface area contributed by atoms with E-state index >= 15 is 0 Å². The minimum atomic E-state index is -0.178. The number of hydrogen-bond acceptors (Lipinski definition) is 2. The molecule has 0 aromatic carbocycles. The van der Waals surface area contributed by atoms with Crippen LogP contribution in [0.1, 0.15) is 57.8 Å². The third-order valence-corrected chi connectivity index (χ3v) is 5.38. The molecule has 0 aromatic rings. The molecule has 1 aliphatic heterocycles. The first kappa shape index (κ1) is 14.9. The topological polar surface area (TPSA) is 40.6 Å². The smallest absolute Gasteiger partial charge is 0.245 e. The van der Waals surface area contributed by atoms with Gasteiger partial charge in [0.2, 0.25) is 11.8 Å². The Balaban J connectivity index is 1.60. The summed E-state index contributed by atoms with van der Waals surface area (Å²) in [5.74, 6) is 1.32. The zero-order chi connectivity index (χ0) is 14.8. The second-order valence-corrected chi connectivity index (χ2v) is 7.19. The Morgan fingerprint density at radius 3 is 2.38 bits per heavy atom. The molecule has 4 heteroatoms. The summed E-state index contributed by atoms with van der Waals surface area (Å²) in [4.78, 5) is 29.1. The van der Waals surface area contributed by atoms with Crippen LogP contribution in [0.25, 0.3) is 0 Å². The van der Waals surface area contributed by atoms with Gasteiger partial charge >= 0.3 is 0 Å². The Kier molecular flexibility index (Phi) is 4.51. The lowest BCUT2D eigenvalue weighted by atomic mass is 9.88. The molecule has 21 heavy (non-hydrogen) atoms. The van der Waals surface area contributed by atoms with Crippen LogP contribution in [0.3, 0.4) is 0 Å². The molecule has 2 saturated carbocycles. The molecule has 1 atom stereocenters. The number of amides is 2. The second kappa shape index (κ2) is 6.37. The number of likely N-dealkylation sites (N-methyl/N-ethyl adjacent to an activating group) is 1. The summed E-state index contributed by atoms with van der Waals surface area (Å²) >= 11 is 0. The van der Waals surface area contributed by atoms with E-state index in [4.69, 9.17) is 0 Å². The Labute approximate surface area is 127 Å². The molecule has 4 nitrogen and oxygen atoms in total. The molecule has 0 N–H and O–H groups in total. The van der Waals surface area contributed by atoms with Gasteiger partial charge in [-0.3, -0.25) is 9.59 Å². The summed E-state index contributed by atoms with van der Waals surface area (Å²) < 4.78 is 0. The highest BCUT2D eigenvalue weighted by molar-refractivity contribution is 5.89. The zero-order valence-corrected chi connectivity index (χ0v) is 13.2. The van der Waals surface area contributed by atoms with Gasteiger partial charge in [0.25, 0.3) is 0 Å². The first-order chi connectivity index (χ1) is 10.2. The zero-order valence-electron chi connectivity index (χ0n) is 13.2. The average molecular weight is 292 g/mol. The van der Waals surface area contributed by atoms with E-state index < -0.39 is 0 Å². The van der Waals surface area contributed by atoms with Gasteiger partial charge in [-0.15, -0.1) is 0 Å². The largest absolute Gasteiger partial charge is 0.344 e. The van der Waals surface area contributed by atoms with Gasteiger partial charge in [-0.05, 0) is 44.4 Å². The number of rotatable bonds is 4. The molecule has 3 aliphatic rings. The number of carbonyl (C=O) groups excluding carboxylic acids is 2. The van der Waals surface area contributed by atoms with Crippen LogP contribution in [0.2, 0.25) is 0 Å². The van der Waals surface area contributed by atoms with Crippen molar-refractivity contribution in [2.75, 3.05) is 20.1 Å². The van der Waals surface area contributed by atoms with Crippen molar-refractivity contribution >= 4 is 11.8 Å². The molecule has 0 spiro atoms. The molecule has 3 rings (SSSR count). The van der Waals surface area contributed by atoms with Gasteiger partial charge in [0.15, 0.2) is 0 Å². The van der Waals surface area contributed by atoms with Crippen molar-refractivity contribution in [3.8, 4) is 0 Å². The lowest BCUT2D eigenvalue weighted by Crippen LogP contribution is -2.48. The van der Waals surface area contributed by atoms with Crippen molar-refractivity contribution < 1.29 is 9.59 Å². The Hall–Kier alpha value is -1.06. The maximum absolute atomic E-state index is 12.7. The molecular formula is C17H28N2O2. The first-order valence-corrected chi connectivity index (χ1v) is 8.72. The van der Waals surface area contributed by atoms with E-state index in [1.165, 1.54) is 32.1 Å². The summed E-state index contributed by atoms with van der Waals surface area (Å²) in [6.45, 7) is 1.66. The van der Waals surface area contributed by atoms with Crippen molar-refractivity contribution in [1.82, 2.24) is 9.80 Å². The van der Waals surface area contributed by atoms with Crippen LogP contribution in [0.15, 0.2) is 0 Å². The van der Waals surface area contributed by atoms with Gasteiger partial charge in [-0.1, -0.05) is 19.3 Å². The van der Waals surface area contributed by atoms with Gasteiger partial charge in [0, 0.05) is 26.1 Å². The minimum Gasteiger partial charge on any atom is -0.344 e. The predicted molar refractivity (Wildman–Crippen MR) is 81.7 cm³/mol. The number of nitrogens with zero attached hydrogens (tertiary/aromatic N) is 2. The van der Waals surface area contributed by atoms with E-state index in [9.17, 15) is 9.59 Å². The van der Waals surface area contributed by atoms with Gasteiger partial charge < -0.3 is 9.80 Å². The lowest BCUT2D eigenvalue weighted by molar-refractivity contribution is -0.146. The minimum absolute atomic E-state index is 0.170. The SMILES string of the molecule is CN(CC1CC1)C(=O)C1CCCN1C(=O)C1CCCCC1. The van der Waals surface area contributed by atoms with E-state index in [2.05, 4.69) is 0 Å². The van der Waals surface area contributed by atoms with Crippen LogP contribution in [0, 0.1) is 11.8 Å². The standard InChI is InChI=1S/C17H28N2O2/c1-18(12-13-9-10-13)17(21)15-8-5-11-19(15)16(20)14-6-3-2-4-7-14/h13-15H,2-12H2,1H3. The van der Waals surface area contributed by atoms with Crippen LogP contribution in [0.4, 0.5) is 0 Å². The van der Waals surface area contributed by atoms with Gasteiger partial charge in [0.1, 0.15) is 6.04 Å². The highest BCUT2D eigenvalue weighted by Gasteiger charge is 2.39. The number of carbonyl (C=O) groups is 2. The molecule has 118 valence electrons. The monoisotopic (exact) mass is 292 g/mol. The number of likely N-dealkylation sites (tertiary alicyclic amines) is 1. The van der Waals surface area contributed by atoms with E-state index in [-0.39, 0.29) is 23.8 Å². The summed E-state index contributed by atoms with van der Waals surface area (Å²) in [7, 11) is 1.90.